The number of aromatic hydroxyl groups is 1. The van der Waals surface area contributed by atoms with Crippen molar-refractivity contribution in [1.29, 1.82) is 0 Å². The molecule has 0 aliphatic rings. The van der Waals surface area contributed by atoms with Crippen LogP contribution in [-0.2, 0) is 0 Å². The highest BCUT2D eigenvalue weighted by molar-refractivity contribution is 5.92. The Kier molecular flexibility index (Phi) is 3.70. The van der Waals surface area contributed by atoms with Crippen LogP contribution in [-0.4, -0.2) is 18.1 Å². The smallest absolute Gasteiger partial charge is 0.284 e. The van der Waals surface area contributed by atoms with Gasteiger partial charge in [0.2, 0.25) is 0 Å². The average Bonchev–Trinajstić information content (AvgIpc) is 2.84. The second-order valence-electron chi connectivity index (χ2n) is 4.80. The number of phenolic OH excluding ortho intramolecular Hbond substituents is 1. The van der Waals surface area contributed by atoms with E-state index in [1.54, 1.807) is 18.2 Å². The summed E-state index contributed by atoms with van der Waals surface area (Å²) in [5.41, 5.74) is 6.79. The van der Waals surface area contributed by atoms with E-state index in [1.165, 1.54) is 13.2 Å². The molecule has 0 saturated heterocycles. The Hall–Kier alpha value is -2.43. The maximum Gasteiger partial charge on any atom is 0.284 e. The van der Waals surface area contributed by atoms with Gasteiger partial charge in [-0.25, -0.2) is 0 Å². The van der Waals surface area contributed by atoms with Gasteiger partial charge in [-0.2, -0.15) is 0 Å². The maximum absolute atomic E-state index is 11.4. The molecule has 106 valence electrons. The normalized spacial score (nSPS) is 10.8. The summed E-state index contributed by atoms with van der Waals surface area (Å²) >= 11 is 0. The van der Waals surface area contributed by atoms with Gasteiger partial charge < -0.3 is 20.0 Å². The van der Waals surface area contributed by atoms with E-state index in [0.717, 1.165) is 5.56 Å². The van der Waals surface area contributed by atoms with E-state index in [2.05, 4.69) is 0 Å². The Bertz CT molecular complexity index is 643. The van der Waals surface area contributed by atoms with Crippen LogP contribution in [0.15, 0.2) is 28.7 Å². The standard InChI is InChI=1S/C15H17NO4/c1-8(2)10-7-12(20-14(10)15(16)18)9-4-5-11(17)13(6-9)19-3/h4-8,17H,1-3H3,(H2,16,18). The topological polar surface area (TPSA) is 85.7 Å². The molecule has 1 amide bonds. The molecule has 0 atom stereocenters. The molecule has 0 aliphatic heterocycles. The van der Waals surface area contributed by atoms with Crippen LogP contribution in [0.4, 0.5) is 0 Å². The van der Waals surface area contributed by atoms with Crippen LogP contribution in [0.3, 0.4) is 0 Å². The first-order valence-corrected chi connectivity index (χ1v) is 6.25. The molecule has 2 aromatic rings. The molecule has 20 heavy (non-hydrogen) atoms. The molecule has 3 N–H and O–H groups in total. The van der Waals surface area contributed by atoms with Crippen LogP contribution < -0.4 is 10.5 Å². The SMILES string of the molecule is COc1cc(-c2cc(C(C)C)c(C(N)=O)o2)ccc1O. The van der Waals surface area contributed by atoms with Gasteiger partial charge in [-0.15, -0.1) is 0 Å². The fourth-order valence-corrected chi connectivity index (χ4v) is 2.00. The van der Waals surface area contributed by atoms with Crippen molar-refractivity contribution in [2.75, 3.05) is 7.11 Å². The van der Waals surface area contributed by atoms with E-state index in [-0.39, 0.29) is 17.4 Å². The number of primary amides is 1. The predicted molar refractivity (Wildman–Crippen MR) is 75.0 cm³/mol. The largest absolute Gasteiger partial charge is 0.504 e. The lowest BCUT2D eigenvalue weighted by atomic mass is 10.0. The number of phenols is 1. The van der Waals surface area contributed by atoms with Gasteiger partial charge in [-0.3, -0.25) is 4.79 Å². The van der Waals surface area contributed by atoms with E-state index < -0.39 is 5.91 Å². The van der Waals surface area contributed by atoms with Gasteiger partial charge in [-0.05, 0) is 30.2 Å². The van der Waals surface area contributed by atoms with Crippen molar-refractivity contribution in [1.82, 2.24) is 0 Å². The van der Waals surface area contributed by atoms with Gasteiger partial charge in [0.15, 0.2) is 17.3 Å². The fraction of sp³-hybridized carbons (Fsp3) is 0.267. The van der Waals surface area contributed by atoms with Crippen molar-refractivity contribution in [3.05, 3.63) is 35.6 Å². The number of ether oxygens (including phenoxy) is 1. The van der Waals surface area contributed by atoms with E-state index >= 15 is 0 Å². The first-order valence-electron chi connectivity index (χ1n) is 6.25. The van der Waals surface area contributed by atoms with Crippen molar-refractivity contribution >= 4 is 5.91 Å². The quantitative estimate of drug-likeness (QED) is 0.898. The van der Waals surface area contributed by atoms with Gasteiger partial charge in [-0.1, -0.05) is 13.8 Å². The van der Waals surface area contributed by atoms with E-state index in [9.17, 15) is 9.90 Å². The third kappa shape index (κ3) is 2.47. The monoisotopic (exact) mass is 275 g/mol. The number of amides is 1. The van der Waals surface area contributed by atoms with E-state index in [1.807, 2.05) is 13.8 Å². The Balaban J connectivity index is 2.53. The first-order chi connectivity index (χ1) is 9.43. The lowest BCUT2D eigenvalue weighted by molar-refractivity contribution is 0.0973. The van der Waals surface area contributed by atoms with Gasteiger partial charge in [0.25, 0.3) is 5.91 Å². The van der Waals surface area contributed by atoms with Crippen molar-refractivity contribution in [2.24, 2.45) is 5.73 Å². The number of benzene rings is 1. The van der Waals surface area contributed by atoms with Crippen molar-refractivity contribution in [3.63, 3.8) is 0 Å². The summed E-state index contributed by atoms with van der Waals surface area (Å²) in [5, 5.41) is 9.59. The van der Waals surface area contributed by atoms with Gasteiger partial charge >= 0.3 is 0 Å². The number of carbonyl (C=O) groups is 1. The average molecular weight is 275 g/mol. The van der Waals surface area contributed by atoms with Crippen LogP contribution in [0.25, 0.3) is 11.3 Å². The summed E-state index contributed by atoms with van der Waals surface area (Å²) in [4.78, 5) is 11.4. The highest BCUT2D eigenvalue weighted by Crippen LogP contribution is 2.34. The van der Waals surface area contributed by atoms with Crippen molar-refractivity contribution in [3.8, 4) is 22.8 Å². The minimum Gasteiger partial charge on any atom is -0.504 e. The first kappa shape index (κ1) is 14.0. The summed E-state index contributed by atoms with van der Waals surface area (Å²) in [6.07, 6.45) is 0. The van der Waals surface area contributed by atoms with Gasteiger partial charge in [0, 0.05) is 11.1 Å². The maximum atomic E-state index is 11.4. The minimum absolute atomic E-state index is 0.0435. The lowest BCUT2D eigenvalue weighted by Gasteiger charge is -2.04. The second kappa shape index (κ2) is 5.28. The molecule has 0 unspecified atom stereocenters. The zero-order chi connectivity index (χ0) is 14.9. The molecule has 1 aromatic carbocycles. The summed E-state index contributed by atoms with van der Waals surface area (Å²) in [6, 6.07) is 6.63. The number of hydrogen-bond acceptors (Lipinski definition) is 4. The van der Waals surface area contributed by atoms with Crippen molar-refractivity contribution in [2.45, 2.75) is 19.8 Å². The number of rotatable bonds is 4. The fourth-order valence-electron chi connectivity index (χ4n) is 2.00. The predicted octanol–water partition coefficient (Wildman–Crippen LogP) is 2.88. The second-order valence-corrected chi connectivity index (χ2v) is 4.80. The number of carbonyl (C=O) groups excluding carboxylic acids is 1. The third-order valence-electron chi connectivity index (χ3n) is 3.07. The van der Waals surface area contributed by atoms with Crippen molar-refractivity contribution < 1.29 is 19.1 Å². The van der Waals surface area contributed by atoms with Crippen LogP contribution in [0, 0.1) is 0 Å². The summed E-state index contributed by atoms with van der Waals surface area (Å²) in [5.74, 6) is 0.593. The molecule has 0 fully saturated rings. The van der Waals surface area contributed by atoms with Crippen LogP contribution in [0.1, 0.15) is 35.9 Å². The Labute approximate surface area is 117 Å². The molecule has 0 radical (unpaired) electrons. The number of nitrogens with two attached hydrogens (primary N) is 1. The number of methoxy groups -OCH3 is 1. The molecule has 1 aromatic heterocycles. The molecule has 0 bridgehead atoms. The molecule has 2 rings (SSSR count). The summed E-state index contributed by atoms with van der Waals surface area (Å²) < 4.78 is 10.6. The molecular formula is C15H17NO4. The highest BCUT2D eigenvalue weighted by atomic mass is 16.5. The van der Waals surface area contributed by atoms with Crippen LogP contribution in [0.2, 0.25) is 0 Å². The Morgan fingerprint density at radius 3 is 2.55 bits per heavy atom. The zero-order valence-corrected chi connectivity index (χ0v) is 11.6. The van der Waals surface area contributed by atoms with Gasteiger partial charge in [0.1, 0.15) is 5.76 Å². The summed E-state index contributed by atoms with van der Waals surface area (Å²) in [7, 11) is 1.47. The Morgan fingerprint density at radius 1 is 1.35 bits per heavy atom. The number of furan rings is 1. The van der Waals surface area contributed by atoms with Crippen LogP contribution >= 0.6 is 0 Å². The van der Waals surface area contributed by atoms with E-state index in [0.29, 0.717) is 17.1 Å². The number of hydrogen-bond donors (Lipinski definition) is 2. The molecule has 0 spiro atoms. The van der Waals surface area contributed by atoms with E-state index in [4.69, 9.17) is 14.9 Å². The molecule has 5 heteroatoms. The molecule has 1 heterocycles. The molecular weight excluding hydrogens is 258 g/mol. The minimum atomic E-state index is -0.592. The van der Waals surface area contributed by atoms with Gasteiger partial charge in [0.05, 0.1) is 7.11 Å². The lowest BCUT2D eigenvalue weighted by Crippen LogP contribution is -2.12. The zero-order valence-electron chi connectivity index (χ0n) is 11.6. The molecule has 0 saturated carbocycles. The Morgan fingerprint density at radius 2 is 2.05 bits per heavy atom. The third-order valence-corrected chi connectivity index (χ3v) is 3.07. The molecule has 5 nitrogen and oxygen atoms in total. The molecule has 0 aliphatic carbocycles. The van der Waals surface area contributed by atoms with Crippen LogP contribution in [0.5, 0.6) is 11.5 Å². The highest BCUT2D eigenvalue weighted by Gasteiger charge is 2.19. The summed E-state index contributed by atoms with van der Waals surface area (Å²) in [6.45, 7) is 3.91.